The number of aromatic nitrogens is 2. The Bertz CT molecular complexity index is 1340. The van der Waals surface area contributed by atoms with Crippen molar-refractivity contribution in [2.24, 2.45) is 0 Å². The summed E-state index contributed by atoms with van der Waals surface area (Å²) in [6, 6.07) is 11.4. The van der Waals surface area contributed by atoms with Gasteiger partial charge in [-0.1, -0.05) is 13.0 Å². The zero-order chi connectivity index (χ0) is 28.1. The van der Waals surface area contributed by atoms with Crippen LogP contribution in [0.5, 0.6) is 5.75 Å². The highest BCUT2D eigenvalue weighted by Crippen LogP contribution is 2.26. The number of carbonyl (C=O) groups is 2. The Kier molecular flexibility index (Phi) is 8.81. The van der Waals surface area contributed by atoms with E-state index in [9.17, 15) is 9.59 Å². The number of likely N-dealkylation sites (tertiary alicyclic amines) is 1. The van der Waals surface area contributed by atoms with E-state index >= 15 is 0 Å². The third-order valence-corrected chi connectivity index (χ3v) is 7.02. The molecule has 2 aromatic carbocycles. The van der Waals surface area contributed by atoms with E-state index in [1.807, 2.05) is 11.1 Å². The van der Waals surface area contributed by atoms with Crippen LogP contribution < -0.4 is 21.1 Å². The maximum Gasteiger partial charge on any atom is 0.308 e. The number of amides is 1. The minimum absolute atomic E-state index is 0.0383. The van der Waals surface area contributed by atoms with Crippen molar-refractivity contribution in [2.75, 3.05) is 17.6 Å². The number of nitrogens with one attached hydrogen (secondary N) is 2. The zero-order valence-electron chi connectivity index (χ0n) is 23.4. The number of hydrogen-bond acceptors (Lipinski definition) is 8. The number of esters is 1. The summed E-state index contributed by atoms with van der Waals surface area (Å²) in [5, 5.41) is 7.00. The highest BCUT2D eigenvalue weighted by Gasteiger charge is 2.29. The number of aryl methyl sites for hydroxylation is 3. The van der Waals surface area contributed by atoms with Crippen LogP contribution in [-0.2, 0) is 17.8 Å². The molecule has 4 N–H and O–H groups in total. The van der Waals surface area contributed by atoms with E-state index in [2.05, 4.69) is 61.5 Å². The van der Waals surface area contributed by atoms with Crippen LogP contribution in [0.3, 0.4) is 0 Å². The second-order valence-electron chi connectivity index (χ2n) is 10.3. The molecule has 4 rings (SSSR count). The second kappa shape index (κ2) is 12.3. The summed E-state index contributed by atoms with van der Waals surface area (Å²) in [6.45, 7) is 10.9. The number of benzene rings is 2. The van der Waals surface area contributed by atoms with Crippen LogP contribution in [-0.4, -0.2) is 45.4 Å². The minimum Gasteiger partial charge on any atom is -0.424 e. The van der Waals surface area contributed by atoms with E-state index in [1.165, 1.54) is 18.1 Å². The molecule has 9 nitrogen and oxygen atoms in total. The van der Waals surface area contributed by atoms with E-state index in [0.29, 0.717) is 30.3 Å². The third-order valence-electron chi connectivity index (χ3n) is 7.02. The SMILES string of the molecule is CCc1cnc(Nc2cc(C)cc(C)c2)nc1CNC1CCN(C(=O)c2ccc(N)c(OC(C)=O)c2)C(C)C1. The first-order valence-electron chi connectivity index (χ1n) is 13.4. The first kappa shape index (κ1) is 28.0. The van der Waals surface area contributed by atoms with Crippen molar-refractivity contribution >= 4 is 29.2 Å². The summed E-state index contributed by atoms with van der Waals surface area (Å²) in [6.07, 6.45) is 4.39. The molecule has 1 aliphatic rings. The van der Waals surface area contributed by atoms with E-state index in [4.69, 9.17) is 15.5 Å². The average Bonchev–Trinajstić information content (AvgIpc) is 2.87. The highest BCUT2D eigenvalue weighted by molar-refractivity contribution is 5.95. The third kappa shape index (κ3) is 7.11. The van der Waals surface area contributed by atoms with Crippen LogP contribution in [0, 0.1) is 13.8 Å². The topological polar surface area (TPSA) is 122 Å². The van der Waals surface area contributed by atoms with Gasteiger partial charge in [0.05, 0.1) is 11.4 Å². The summed E-state index contributed by atoms with van der Waals surface area (Å²) < 4.78 is 5.15. The van der Waals surface area contributed by atoms with Crippen molar-refractivity contribution in [1.29, 1.82) is 0 Å². The molecule has 206 valence electrons. The highest BCUT2D eigenvalue weighted by atomic mass is 16.5. The molecule has 1 fully saturated rings. The predicted molar refractivity (Wildman–Crippen MR) is 153 cm³/mol. The number of ether oxygens (including phenoxy) is 1. The second-order valence-corrected chi connectivity index (χ2v) is 10.3. The Morgan fingerprint density at radius 3 is 2.56 bits per heavy atom. The Morgan fingerprint density at radius 2 is 1.90 bits per heavy atom. The number of carbonyl (C=O) groups excluding carboxylic acids is 2. The smallest absolute Gasteiger partial charge is 0.308 e. The molecule has 39 heavy (non-hydrogen) atoms. The molecule has 0 aliphatic carbocycles. The Labute approximate surface area is 230 Å². The van der Waals surface area contributed by atoms with Crippen LogP contribution in [0.4, 0.5) is 17.3 Å². The van der Waals surface area contributed by atoms with Crippen LogP contribution in [0.1, 0.15) is 66.4 Å². The van der Waals surface area contributed by atoms with Gasteiger partial charge in [-0.3, -0.25) is 9.59 Å². The van der Waals surface area contributed by atoms with Crippen molar-refractivity contribution in [2.45, 2.75) is 72.5 Å². The van der Waals surface area contributed by atoms with Crippen LogP contribution in [0.15, 0.2) is 42.6 Å². The number of hydrogen-bond donors (Lipinski definition) is 3. The van der Waals surface area contributed by atoms with E-state index in [1.54, 1.807) is 18.2 Å². The average molecular weight is 531 g/mol. The first-order valence-corrected chi connectivity index (χ1v) is 13.4. The quantitative estimate of drug-likeness (QED) is 0.218. The van der Waals surface area contributed by atoms with Gasteiger partial charge in [-0.05, 0) is 87.1 Å². The number of nitrogen functional groups attached to an aromatic ring is 1. The largest absolute Gasteiger partial charge is 0.424 e. The van der Waals surface area contributed by atoms with Crippen LogP contribution in [0.2, 0.25) is 0 Å². The first-order chi connectivity index (χ1) is 18.6. The van der Waals surface area contributed by atoms with Crippen molar-refractivity contribution in [3.63, 3.8) is 0 Å². The molecule has 0 saturated carbocycles. The summed E-state index contributed by atoms with van der Waals surface area (Å²) >= 11 is 0. The van der Waals surface area contributed by atoms with E-state index in [0.717, 1.165) is 36.2 Å². The molecule has 0 spiro atoms. The molecule has 2 atom stereocenters. The Hall–Kier alpha value is -3.98. The molecular formula is C30H38N6O3. The van der Waals surface area contributed by atoms with Gasteiger partial charge in [0.25, 0.3) is 5.91 Å². The van der Waals surface area contributed by atoms with Gasteiger partial charge in [-0.15, -0.1) is 0 Å². The van der Waals surface area contributed by atoms with E-state index in [-0.39, 0.29) is 23.7 Å². The lowest BCUT2D eigenvalue weighted by molar-refractivity contribution is -0.131. The number of nitrogens with two attached hydrogens (primary N) is 1. The predicted octanol–water partition coefficient (Wildman–Crippen LogP) is 4.69. The lowest BCUT2D eigenvalue weighted by atomic mass is 9.97. The number of nitrogens with zero attached hydrogens (tertiary/aromatic N) is 3. The zero-order valence-corrected chi connectivity index (χ0v) is 23.4. The van der Waals surface area contributed by atoms with Crippen molar-refractivity contribution in [3.05, 3.63) is 70.5 Å². The molecular weight excluding hydrogens is 492 g/mol. The summed E-state index contributed by atoms with van der Waals surface area (Å²) in [5.41, 5.74) is 12.1. The maximum atomic E-state index is 13.3. The van der Waals surface area contributed by atoms with Gasteiger partial charge < -0.3 is 26.0 Å². The Morgan fingerprint density at radius 1 is 1.15 bits per heavy atom. The number of anilines is 3. The minimum atomic E-state index is -0.477. The van der Waals surface area contributed by atoms with Crippen molar-refractivity contribution < 1.29 is 14.3 Å². The van der Waals surface area contributed by atoms with Crippen molar-refractivity contribution in [1.82, 2.24) is 20.2 Å². The van der Waals surface area contributed by atoms with Crippen molar-refractivity contribution in [3.8, 4) is 5.75 Å². The standard InChI is InChI=1S/C30H38N6O3/c1-6-22-16-33-30(34-25-12-18(2)11-19(3)13-25)35-27(22)17-32-24-9-10-36(20(4)14-24)29(38)23-7-8-26(31)28(15-23)39-21(5)37/h7-8,11-13,15-16,20,24,32H,6,9-10,14,17,31H2,1-5H3,(H,33,34,35). The normalized spacial score (nSPS) is 17.1. The lowest BCUT2D eigenvalue weighted by Crippen LogP contribution is -2.49. The summed E-state index contributed by atoms with van der Waals surface area (Å²) in [4.78, 5) is 35.9. The van der Waals surface area contributed by atoms with Gasteiger partial charge in [0.2, 0.25) is 5.95 Å². The van der Waals surface area contributed by atoms with Gasteiger partial charge in [-0.2, -0.15) is 0 Å². The van der Waals surface area contributed by atoms with Gasteiger partial charge in [-0.25, -0.2) is 9.97 Å². The Balaban J connectivity index is 1.38. The summed E-state index contributed by atoms with van der Waals surface area (Å²) in [5.74, 6) is 0.218. The van der Waals surface area contributed by atoms with Crippen LogP contribution in [0.25, 0.3) is 0 Å². The molecule has 1 saturated heterocycles. The monoisotopic (exact) mass is 530 g/mol. The molecule has 1 aromatic heterocycles. The fourth-order valence-electron chi connectivity index (χ4n) is 5.10. The van der Waals surface area contributed by atoms with Gasteiger partial charge in [0.15, 0.2) is 5.75 Å². The van der Waals surface area contributed by atoms with E-state index < -0.39 is 5.97 Å². The molecule has 3 aromatic rings. The molecule has 0 bridgehead atoms. The van der Waals surface area contributed by atoms with Gasteiger partial charge in [0, 0.05) is 49.5 Å². The molecule has 1 aliphatic heterocycles. The fourth-order valence-corrected chi connectivity index (χ4v) is 5.10. The lowest BCUT2D eigenvalue weighted by Gasteiger charge is -2.38. The van der Waals surface area contributed by atoms with Crippen LogP contribution >= 0.6 is 0 Å². The number of piperidine rings is 1. The fraction of sp³-hybridized carbons (Fsp3) is 0.400. The molecule has 0 radical (unpaired) electrons. The van der Waals surface area contributed by atoms with Gasteiger partial charge >= 0.3 is 5.97 Å². The molecule has 2 unspecified atom stereocenters. The summed E-state index contributed by atoms with van der Waals surface area (Å²) in [7, 11) is 0. The molecule has 1 amide bonds. The maximum absolute atomic E-state index is 13.3. The number of rotatable bonds is 8. The molecule has 2 heterocycles. The molecule has 9 heteroatoms. The van der Waals surface area contributed by atoms with Gasteiger partial charge in [0.1, 0.15) is 0 Å².